The first kappa shape index (κ1) is 20.9. The van der Waals surface area contributed by atoms with Crippen LogP contribution in [-0.4, -0.2) is 49.7 Å². The summed E-state index contributed by atoms with van der Waals surface area (Å²) in [6.45, 7) is 0.551. The number of carbonyl (C=O) groups excluding carboxylic acids is 1. The molecule has 2 aromatic rings. The van der Waals surface area contributed by atoms with E-state index in [9.17, 15) is 22.0 Å². The van der Waals surface area contributed by atoms with Gasteiger partial charge in [-0.25, -0.2) is 17.2 Å². The fraction of sp³-hybridized carbons (Fsp3) is 0.263. The molecule has 0 aromatic heterocycles. The molecule has 1 aliphatic heterocycles. The second kappa shape index (κ2) is 8.24. The summed E-state index contributed by atoms with van der Waals surface area (Å²) in [6, 6.07) is 10.1. The largest absolute Gasteiger partial charge is 0.368 e. The maximum Gasteiger partial charge on any atom is 0.243 e. The molecule has 0 radical (unpaired) electrons. The van der Waals surface area contributed by atoms with E-state index in [4.69, 9.17) is 11.0 Å². The SMILES string of the molecule is N#Cc1ccc(C(C(N)=O)N2CCN(S(=O)(=O)c3ccc(F)c(F)c3)CC2)cc1. The van der Waals surface area contributed by atoms with Crippen molar-refractivity contribution in [2.75, 3.05) is 26.2 Å². The molecule has 29 heavy (non-hydrogen) atoms. The monoisotopic (exact) mass is 420 g/mol. The molecule has 7 nitrogen and oxygen atoms in total. The summed E-state index contributed by atoms with van der Waals surface area (Å²) in [6.07, 6.45) is 0. The average molecular weight is 420 g/mol. The molecule has 1 amide bonds. The first-order valence-electron chi connectivity index (χ1n) is 8.72. The lowest BCUT2D eigenvalue weighted by Gasteiger charge is -2.37. The van der Waals surface area contributed by atoms with Crippen molar-refractivity contribution in [1.29, 1.82) is 5.26 Å². The van der Waals surface area contributed by atoms with Crippen LogP contribution in [-0.2, 0) is 14.8 Å². The van der Waals surface area contributed by atoms with Crippen LogP contribution in [0.15, 0.2) is 47.4 Å². The number of carbonyl (C=O) groups is 1. The lowest BCUT2D eigenvalue weighted by Crippen LogP contribution is -2.51. The van der Waals surface area contributed by atoms with Crippen molar-refractivity contribution in [1.82, 2.24) is 9.21 Å². The van der Waals surface area contributed by atoms with Gasteiger partial charge in [0.15, 0.2) is 11.6 Å². The molecule has 0 aliphatic carbocycles. The van der Waals surface area contributed by atoms with Crippen LogP contribution in [0, 0.1) is 23.0 Å². The molecule has 2 aromatic carbocycles. The van der Waals surface area contributed by atoms with Crippen LogP contribution in [0.25, 0.3) is 0 Å². The zero-order valence-electron chi connectivity index (χ0n) is 15.3. The van der Waals surface area contributed by atoms with Gasteiger partial charge in [0.05, 0.1) is 16.5 Å². The van der Waals surface area contributed by atoms with Crippen LogP contribution in [0.1, 0.15) is 17.2 Å². The zero-order valence-corrected chi connectivity index (χ0v) is 16.1. The van der Waals surface area contributed by atoms with Crippen LogP contribution < -0.4 is 5.73 Å². The summed E-state index contributed by atoms with van der Waals surface area (Å²) >= 11 is 0. The normalized spacial score (nSPS) is 16.9. The van der Waals surface area contributed by atoms with E-state index >= 15 is 0 Å². The van der Waals surface area contributed by atoms with Crippen molar-refractivity contribution < 1.29 is 22.0 Å². The first-order chi connectivity index (χ1) is 13.7. The van der Waals surface area contributed by atoms with Crippen molar-refractivity contribution in [2.24, 2.45) is 5.73 Å². The Bertz CT molecular complexity index is 1060. The topological polar surface area (TPSA) is 107 Å². The third-order valence-corrected chi connectivity index (χ3v) is 6.69. The molecule has 1 fully saturated rings. The Morgan fingerprint density at radius 3 is 2.17 bits per heavy atom. The average Bonchev–Trinajstić information content (AvgIpc) is 2.71. The third kappa shape index (κ3) is 4.27. The van der Waals surface area contributed by atoms with Crippen molar-refractivity contribution in [3.63, 3.8) is 0 Å². The minimum Gasteiger partial charge on any atom is -0.368 e. The van der Waals surface area contributed by atoms with Crippen molar-refractivity contribution in [2.45, 2.75) is 10.9 Å². The number of nitrogens with two attached hydrogens (primary N) is 1. The van der Waals surface area contributed by atoms with Crippen LogP contribution in [0.4, 0.5) is 8.78 Å². The first-order valence-corrected chi connectivity index (χ1v) is 10.2. The number of primary amides is 1. The summed E-state index contributed by atoms with van der Waals surface area (Å²) < 4.78 is 53.1. The summed E-state index contributed by atoms with van der Waals surface area (Å²) in [4.78, 5) is 13.5. The van der Waals surface area contributed by atoms with Gasteiger partial charge in [0.1, 0.15) is 6.04 Å². The van der Waals surface area contributed by atoms with Gasteiger partial charge in [-0.05, 0) is 35.9 Å². The molecule has 10 heteroatoms. The lowest BCUT2D eigenvalue weighted by molar-refractivity contribution is -0.124. The van der Waals surface area contributed by atoms with Gasteiger partial charge in [-0.3, -0.25) is 9.69 Å². The van der Waals surface area contributed by atoms with Crippen LogP contribution in [0.5, 0.6) is 0 Å². The highest BCUT2D eigenvalue weighted by molar-refractivity contribution is 7.89. The Balaban J connectivity index is 1.76. The van der Waals surface area contributed by atoms with Crippen LogP contribution in [0.3, 0.4) is 0 Å². The number of amides is 1. The van der Waals surface area contributed by atoms with Gasteiger partial charge in [0.2, 0.25) is 15.9 Å². The molecule has 1 unspecified atom stereocenters. The molecule has 3 rings (SSSR count). The molecule has 0 spiro atoms. The third-order valence-electron chi connectivity index (χ3n) is 4.79. The number of hydrogen-bond donors (Lipinski definition) is 1. The number of rotatable bonds is 5. The molecule has 152 valence electrons. The summed E-state index contributed by atoms with van der Waals surface area (Å²) in [5, 5.41) is 8.90. The second-order valence-electron chi connectivity index (χ2n) is 6.55. The Labute approximate surface area is 167 Å². The van der Waals surface area contributed by atoms with Gasteiger partial charge in [0.25, 0.3) is 0 Å². The van der Waals surface area contributed by atoms with Gasteiger partial charge in [-0.2, -0.15) is 9.57 Å². The predicted molar refractivity (Wildman–Crippen MR) is 99.8 cm³/mol. The minimum absolute atomic E-state index is 0.0569. The Hall–Kier alpha value is -2.87. The smallest absolute Gasteiger partial charge is 0.243 e. The number of nitrogens with zero attached hydrogens (tertiary/aromatic N) is 3. The second-order valence-corrected chi connectivity index (χ2v) is 8.49. The fourth-order valence-electron chi connectivity index (χ4n) is 3.28. The molecular formula is C19H18F2N4O3S. The molecule has 2 N–H and O–H groups in total. The Kier molecular flexibility index (Phi) is 5.93. The molecule has 1 atom stereocenters. The van der Waals surface area contributed by atoms with Crippen molar-refractivity contribution in [3.05, 3.63) is 65.2 Å². The molecule has 1 heterocycles. The van der Waals surface area contributed by atoms with Gasteiger partial charge in [-0.15, -0.1) is 0 Å². The standard InChI is InChI=1S/C19H18F2N4O3S/c20-16-6-5-15(11-17(16)21)29(27,28)25-9-7-24(8-10-25)18(19(23)26)14-3-1-13(12-22)2-4-14/h1-6,11,18H,7-10H2,(H2,23,26). The predicted octanol–water partition coefficient (Wildman–Crippen LogP) is 1.37. The van der Waals surface area contributed by atoms with E-state index in [1.807, 2.05) is 6.07 Å². The van der Waals surface area contributed by atoms with E-state index < -0.39 is 33.6 Å². The summed E-state index contributed by atoms with van der Waals surface area (Å²) in [7, 11) is -4.00. The van der Waals surface area contributed by atoms with E-state index in [1.54, 1.807) is 29.2 Å². The van der Waals surface area contributed by atoms with Gasteiger partial charge in [-0.1, -0.05) is 12.1 Å². The van der Waals surface area contributed by atoms with E-state index in [2.05, 4.69) is 0 Å². The zero-order chi connectivity index (χ0) is 21.2. The maximum absolute atomic E-state index is 13.4. The van der Waals surface area contributed by atoms with Crippen LogP contribution in [0.2, 0.25) is 0 Å². The highest BCUT2D eigenvalue weighted by Crippen LogP contribution is 2.25. The fourth-order valence-corrected chi connectivity index (χ4v) is 4.72. The lowest BCUT2D eigenvalue weighted by atomic mass is 10.0. The van der Waals surface area contributed by atoms with E-state index in [0.717, 1.165) is 16.4 Å². The van der Waals surface area contributed by atoms with Crippen LogP contribution >= 0.6 is 0 Å². The molecule has 0 bridgehead atoms. The number of halogens is 2. The summed E-state index contributed by atoms with van der Waals surface area (Å²) in [5.74, 6) is -2.95. The molecule has 1 aliphatic rings. The Morgan fingerprint density at radius 2 is 1.66 bits per heavy atom. The van der Waals surface area contributed by atoms with E-state index in [-0.39, 0.29) is 31.1 Å². The summed E-state index contributed by atoms with van der Waals surface area (Å²) in [5.41, 5.74) is 6.61. The number of nitriles is 1. The number of piperazine rings is 1. The van der Waals surface area contributed by atoms with Crippen molar-refractivity contribution in [3.8, 4) is 6.07 Å². The molecular weight excluding hydrogens is 402 g/mol. The number of sulfonamides is 1. The highest BCUT2D eigenvalue weighted by atomic mass is 32.2. The van der Waals surface area contributed by atoms with Gasteiger partial charge < -0.3 is 5.73 Å². The van der Waals surface area contributed by atoms with E-state index in [0.29, 0.717) is 17.2 Å². The molecule has 0 saturated carbocycles. The molecule has 1 saturated heterocycles. The minimum atomic E-state index is -4.00. The van der Waals surface area contributed by atoms with Crippen molar-refractivity contribution >= 4 is 15.9 Å². The van der Waals surface area contributed by atoms with Gasteiger partial charge >= 0.3 is 0 Å². The highest BCUT2D eigenvalue weighted by Gasteiger charge is 2.34. The van der Waals surface area contributed by atoms with Gasteiger partial charge in [0, 0.05) is 26.2 Å². The number of benzene rings is 2. The quantitative estimate of drug-likeness (QED) is 0.786. The van der Waals surface area contributed by atoms with E-state index in [1.165, 1.54) is 0 Å². The Morgan fingerprint density at radius 1 is 1.03 bits per heavy atom. The maximum atomic E-state index is 13.4. The number of hydrogen-bond acceptors (Lipinski definition) is 5.